The lowest BCUT2D eigenvalue weighted by Gasteiger charge is -2.61. The first kappa shape index (κ1) is 21.5. The number of hydrogen-bond acceptors (Lipinski definition) is 3. The molecule has 2 saturated heterocycles. The standard InChI is InChI=1S/C28H36N2O2/c1-27(2)25-18-21-22(12-9-14-24(21)31)28(27,3)15-17-30(25)26(32)23-13-7-8-16-29(23)19-20-10-5-4-6-11-20/h4-6,9-12,14,23,25,31H,7-8,13,15-19H2,1-3H3/t23?,25-,28+/m1/s1. The van der Waals surface area contributed by atoms with Gasteiger partial charge in [-0.15, -0.1) is 0 Å². The van der Waals surface area contributed by atoms with E-state index >= 15 is 0 Å². The molecule has 3 atom stereocenters. The van der Waals surface area contributed by atoms with E-state index in [1.165, 1.54) is 11.1 Å². The van der Waals surface area contributed by atoms with Gasteiger partial charge in [0.05, 0.1) is 6.04 Å². The summed E-state index contributed by atoms with van der Waals surface area (Å²) in [6.07, 6.45) is 4.88. The van der Waals surface area contributed by atoms with Crippen molar-refractivity contribution in [1.82, 2.24) is 9.80 Å². The zero-order valence-corrected chi connectivity index (χ0v) is 19.7. The van der Waals surface area contributed by atoms with Gasteiger partial charge in [0, 0.05) is 24.5 Å². The fourth-order valence-corrected chi connectivity index (χ4v) is 6.66. The van der Waals surface area contributed by atoms with Gasteiger partial charge in [0.1, 0.15) is 5.75 Å². The number of likely N-dealkylation sites (tertiary alicyclic amines) is 2. The van der Waals surface area contributed by atoms with E-state index in [0.717, 1.165) is 57.3 Å². The first-order valence-electron chi connectivity index (χ1n) is 12.2. The van der Waals surface area contributed by atoms with Gasteiger partial charge in [-0.2, -0.15) is 0 Å². The number of piperidine rings is 2. The van der Waals surface area contributed by atoms with Gasteiger partial charge in [0.25, 0.3) is 0 Å². The highest BCUT2D eigenvalue weighted by Gasteiger charge is 2.57. The quantitative estimate of drug-likeness (QED) is 0.751. The van der Waals surface area contributed by atoms with Crippen LogP contribution in [0.5, 0.6) is 5.75 Å². The Morgan fingerprint density at radius 2 is 1.81 bits per heavy atom. The van der Waals surface area contributed by atoms with Gasteiger partial charge in [0.2, 0.25) is 5.91 Å². The highest BCUT2D eigenvalue weighted by atomic mass is 16.3. The number of rotatable bonds is 3. The van der Waals surface area contributed by atoms with Crippen molar-refractivity contribution in [1.29, 1.82) is 0 Å². The van der Waals surface area contributed by atoms with Crippen LogP contribution >= 0.6 is 0 Å². The molecule has 1 unspecified atom stereocenters. The largest absolute Gasteiger partial charge is 0.508 e. The van der Waals surface area contributed by atoms with Crippen molar-refractivity contribution in [2.75, 3.05) is 13.1 Å². The van der Waals surface area contributed by atoms with E-state index in [1.807, 2.05) is 12.1 Å². The second kappa shape index (κ2) is 7.91. The Bertz CT molecular complexity index is 1000. The summed E-state index contributed by atoms with van der Waals surface area (Å²) in [5.74, 6) is 0.673. The van der Waals surface area contributed by atoms with Crippen molar-refractivity contribution in [2.45, 2.75) is 76.9 Å². The van der Waals surface area contributed by atoms with Gasteiger partial charge in [0.15, 0.2) is 0 Å². The molecule has 0 spiro atoms. The van der Waals surface area contributed by atoms with Crippen LogP contribution in [0.2, 0.25) is 0 Å². The maximum Gasteiger partial charge on any atom is 0.240 e. The van der Waals surface area contributed by atoms with Gasteiger partial charge in [-0.25, -0.2) is 0 Å². The van der Waals surface area contributed by atoms with E-state index in [9.17, 15) is 9.90 Å². The van der Waals surface area contributed by atoms with Crippen LogP contribution in [0.1, 0.15) is 63.1 Å². The molecule has 3 aliphatic rings. The molecular weight excluding hydrogens is 396 g/mol. The summed E-state index contributed by atoms with van der Waals surface area (Å²) in [7, 11) is 0. The monoisotopic (exact) mass is 432 g/mol. The van der Waals surface area contributed by atoms with Crippen LogP contribution in [0.15, 0.2) is 48.5 Å². The number of phenolic OH excluding ortho intramolecular Hbond substituents is 1. The second-order valence-corrected chi connectivity index (χ2v) is 10.8. The SMILES string of the molecule is CC1(C)[C@H]2Cc3c(O)cccc3[C@]1(C)CCN2C(=O)C1CCCCN1Cc1ccccc1. The number of fused-ring (bicyclic) bond motifs is 4. The van der Waals surface area contributed by atoms with E-state index < -0.39 is 0 Å². The molecule has 2 aliphatic heterocycles. The summed E-state index contributed by atoms with van der Waals surface area (Å²) >= 11 is 0. The molecule has 2 aromatic rings. The molecule has 4 heteroatoms. The van der Waals surface area contributed by atoms with Crippen molar-refractivity contribution < 1.29 is 9.90 Å². The maximum absolute atomic E-state index is 14.1. The number of nitrogens with zero attached hydrogens (tertiary/aromatic N) is 2. The van der Waals surface area contributed by atoms with Crippen molar-refractivity contribution >= 4 is 5.91 Å². The first-order chi connectivity index (χ1) is 15.3. The maximum atomic E-state index is 14.1. The fraction of sp³-hybridized carbons (Fsp3) is 0.536. The van der Waals surface area contributed by atoms with Gasteiger partial charge in [-0.3, -0.25) is 9.69 Å². The Balaban J connectivity index is 1.45. The lowest BCUT2D eigenvalue weighted by Crippen LogP contribution is -2.67. The molecule has 1 aliphatic carbocycles. The van der Waals surface area contributed by atoms with Crippen LogP contribution < -0.4 is 0 Å². The number of hydrogen-bond donors (Lipinski definition) is 1. The topological polar surface area (TPSA) is 43.8 Å². The Labute approximate surface area is 192 Å². The number of amides is 1. The van der Waals surface area contributed by atoms with Gasteiger partial charge >= 0.3 is 0 Å². The van der Waals surface area contributed by atoms with Crippen LogP contribution in [-0.2, 0) is 23.2 Å². The average molecular weight is 433 g/mol. The van der Waals surface area contributed by atoms with E-state index in [0.29, 0.717) is 11.7 Å². The van der Waals surface area contributed by atoms with E-state index in [1.54, 1.807) is 6.07 Å². The van der Waals surface area contributed by atoms with E-state index in [2.05, 4.69) is 60.9 Å². The molecule has 2 heterocycles. The van der Waals surface area contributed by atoms with Crippen molar-refractivity contribution in [3.05, 3.63) is 65.2 Å². The zero-order chi connectivity index (χ0) is 22.5. The lowest BCUT2D eigenvalue weighted by atomic mass is 9.51. The highest BCUT2D eigenvalue weighted by molar-refractivity contribution is 5.83. The van der Waals surface area contributed by atoms with Gasteiger partial charge in [-0.1, -0.05) is 69.7 Å². The fourth-order valence-electron chi connectivity index (χ4n) is 6.66. The normalized spacial score (nSPS) is 29.4. The minimum absolute atomic E-state index is 0.0446. The molecule has 1 amide bonds. The number of carbonyl (C=O) groups excluding carboxylic acids is 1. The smallest absolute Gasteiger partial charge is 0.240 e. The molecule has 32 heavy (non-hydrogen) atoms. The third kappa shape index (κ3) is 3.26. The average Bonchev–Trinajstić information content (AvgIpc) is 2.77. The van der Waals surface area contributed by atoms with Crippen molar-refractivity contribution in [3.63, 3.8) is 0 Å². The molecule has 0 aromatic heterocycles. The summed E-state index contributed by atoms with van der Waals surface area (Å²) in [4.78, 5) is 18.6. The molecule has 2 aromatic carbocycles. The Morgan fingerprint density at radius 3 is 2.59 bits per heavy atom. The molecule has 1 N–H and O–H groups in total. The van der Waals surface area contributed by atoms with Crippen molar-refractivity contribution in [3.8, 4) is 5.75 Å². The Morgan fingerprint density at radius 1 is 1.03 bits per heavy atom. The molecular formula is C28H36N2O2. The highest BCUT2D eigenvalue weighted by Crippen LogP contribution is 2.57. The third-order valence-electron chi connectivity index (χ3n) is 9.04. The zero-order valence-electron chi connectivity index (χ0n) is 19.7. The van der Waals surface area contributed by atoms with Crippen LogP contribution in [0, 0.1) is 5.41 Å². The number of phenols is 1. The first-order valence-corrected chi connectivity index (χ1v) is 12.2. The number of aromatic hydroxyl groups is 1. The van der Waals surface area contributed by atoms with E-state index in [4.69, 9.17) is 0 Å². The second-order valence-electron chi connectivity index (χ2n) is 10.8. The predicted molar refractivity (Wildman–Crippen MR) is 128 cm³/mol. The van der Waals surface area contributed by atoms with Crippen LogP contribution in [0.25, 0.3) is 0 Å². The molecule has 5 rings (SSSR count). The third-order valence-corrected chi connectivity index (χ3v) is 9.04. The Hall–Kier alpha value is -2.33. The van der Waals surface area contributed by atoms with Crippen LogP contribution in [-0.4, -0.2) is 46.0 Å². The number of carbonyl (C=O) groups is 1. The van der Waals surface area contributed by atoms with Crippen LogP contribution in [0.4, 0.5) is 0 Å². The minimum Gasteiger partial charge on any atom is -0.508 e. The molecule has 0 saturated carbocycles. The van der Waals surface area contributed by atoms with Gasteiger partial charge in [-0.05, 0) is 60.4 Å². The molecule has 170 valence electrons. The summed E-state index contributed by atoms with van der Waals surface area (Å²) < 4.78 is 0. The van der Waals surface area contributed by atoms with Crippen molar-refractivity contribution in [2.24, 2.45) is 5.41 Å². The van der Waals surface area contributed by atoms with Crippen LogP contribution in [0.3, 0.4) is 0 Å². The summed E-state index contributed by atoms with van der Waals surface area (Å²) in [6, 6.07) is 16.5. The summed E-state index contributed by atoms with van der Waals surface area (Å²) in [5, 5.41) is 10.7. The predicted octanol–water partition coefficient (Wildman–Crippen LogP) is 4.89. The number of benzene rings is 2. The summed E-state index contributed by atoms with van der Waals surface area (Å²) in [5.41, 5.74) is 3.49. The molecule has 2 fully saturated rings. The van der Waals surface area contributed by atoms with Gasteiger partial charge < -0.3 is 10.0 Å². The lowest BCUT2D eigenvalue weighted by molar-refractivity contribution is -0.151. The van der Waals surface area contributed by atoms with E-state index in [-0.39, 0.29) is 22.9 Å². The molecule has 0 radical (unpaired) electrons. The Kier molecular flexibility index (Phi) is 5.32. The molecule has 4 nitrogen and oxygen atoms in total. The minimum atomic E-state index is -0.0549. The summed E-state index contributed by atoms with van der Waals surface area (Å²) in [6.45, 7) is 9.60. The molecule has 2 bridgehead atoms.